The number of rotatable bonds is 6. The molecule has 0 atom stereocenters. The summed E-state index contributed by atoms with van der Waals surface area (Å²) >= 11 is 0. The molecule has 1 aliphatic heterocycles. The molecule has 0 amide bonds. The van der Waals surface area contributed by atoms with E-state index in [0.29, 0.717) is 6.04 Å². The molecule has 6 nitrogen and oxygen atoms in total. The molecule has 1 aromatic heterocycles. The molecular weight excluding hydrogens is 396 g/mol. The van der Waals surface area contributed by atoms with Gasteiger partial charge in [-0.3, -0.25) is 4.90 Å². The molecule has 1 saturated carbocycles. The summed E-state index contributed by atoms with van der Waals surface area (Å²) in [6.07, 6.45) is 10.6. The quantitative estimate of drug-likeness (QED) is 0.703. The maximum absolute atomic E-state index is 4.98. The van der Waals surface area contributed by atoms with Crippen molar-refractivity contribution in [2.75, 3.05) is 55.4 Å². The van der Waals surface area contributed by atoms with E-state index >= 15 is 0 Å². The second-order valence-corrected chi connectivity index (χ2v) is 9.59. The van der Waals surface area contributed by atoms with E-state index in [9.17, 15) is 0 Å². The highest BCUT2D eigenvalue weighted by molar-refractivity contribution is 5.54. The van der Waals surface area contributed by atoms with E-state index in [4.69, 9.17) is 9.97 Å². The SMILES string of the molecule is CN(C)c1cc(NC2CCCCCCCC2)nc(N2CCN(Cc3ccccc3)CC2)n1. The first-order valence-electron chi connectivity index (χ1n) is 12.5. The van der Waals surface area contributed by atoms with Gasteiger partial charge in [0.05, 0.1) is 0 Å². The Bertz CT molecular complexity index is 806. The third-order valence-electron chi connectivity index (χ3n) is 6.77. The van der Waals surface area contributed by atoms with Crippen LogP contribution in [0.1, 0.15) is 56.9 Å². The van der Waals surface area contributed by atoms with Crippen LogP contribution >= 0.6 is 0 Å². The lowest BCUT2D eigenvalue weighted by Gasteiger charge is -2.35. The standard InChI is InChI=1S/C26H40N6/c1-30(2)25-20-24(27-23-14-10-5-3-4-6-11-15-23)28-26(29-25)32-18-16-31(17-19-32)21-22-12-8-7-9-13-22/h7-9,12-13,20,23H,3-6,10-11,14-19,21H2,1-2H3,(H,27,28,29). The van der Waals surface area contributed by atoms with Crippen LogP contribution in [0.2, 0.25) is 0 Å². The number of nitrogens with zero attached hydrogens (tertiary/aromatic N) is 5. The van der Waals surface area contributed by atoms with Crippen LogP contribution in [0, 0.1) is 0 Å². The molecular formula is C26H40N6. The summed E-state index contributed by atoms with van der Waals surface area (Å²) in [6, 6.07) is 13.4. The lowest BCUT2D eigenvalue weighted by Crippen LogP contribution is -2.46. The topological polar surface area (TPSA) is 47.5 Å². The fraction of sp³-hybridized carbons (Fsp3) is 0.615. The van der Waals surface area contributed by atoms with Crippen LogP contribution < -0.4 is 15.1 Å². The minimum Gasteiger partial charge on any atom is -0.367 e. The predicted octanol–water partition coefficient (Wildman–Crippen LogP) is 4.78. The molecule has 2 aliphatic rings. The number of piperazine rings is 1. The average molecular weight is 437 g/mol. The molecule has 1 aliphatic carbocycles. The Labute approximate surface area is 194 Å². The van der Waals surface area contributed by atoms with Crippen molar-refractivity contribution in [1.29, 1.82) is 0 Å². The van der Waals surface area contributed by atoms with Crippen molar-refractivity contribution in [1.82, 2.24) is 14.9 Å². The summed E-state index contributed by atoms with van der Waals surface area (Å²) in [5, 5.41) is 3.78. The highest BCUT2D eigenvalue weighted by atomic mass is 15.3. The van der Waals surface area contributed by atoms with E-state index < -0.39 is 0 Å². The molecule has 0 unspecified atom stereocenters. The minimum atomic E-state index is 0.522. The van der Waals surface area contributed by atoms with Crippen LogP contribution in [0.5, 0.6) is 0 Å². The van der Waals surface area contributed by atoms with Gasteiger partial charge in [0.2, 0.25) is 5.95 Å². The van der Waals surface area contributed by atoms with Gasteiger partial charge < -0.3 is 15.1 Å². The van der Waals surface area contributed by atoms with Crippen LogP contribution in [-0.2, 0) is 6.54 Å². The van der Waals surface area contributed by atoms with Gasteiger partial charge in [0.15, 0.2) is 0 Å². The van der Waals surface area contributed by atoms with Gasteiger partial charge in [0.25, 0.3) is 0 Å². The fourth-order valence-corrected chi connectivity index (χ4v) is 4.80. The van der Waals surface area contributed by atoms with Crippen LogP contribution in [0.25, 0.3) is 0 Å². The normalized spacial score (nSPS) is 19.1. The molecule has 1 aromatic carbocycles. The predicted molar refractivity (Wildman–Crippen MR) is 135 cm³/mol. The van der Waals surface area contributed by atoms with Crippen molar-refractivity contribution in [3.63, 3.8) is 0 Å². The summed E-state index contributed by atoms with van der Waals surface area (Å²) in [7, 11) is 4.13. The number of aromatic nitrogens is 2. The molecule has 32 heavy (non-hydrogen) atoms. The van der Waals surface area contributed by atoms with E-state index in [1.54, 1.807) is 0 Å². The highest BCUT2D eigenvalue weighted by Gasteiger charge is 2.21. The maximum Gasteiger partial charge on any atom is 0.229 e. The zero-order valence-corrected chi connectivity index (χ0v) is 20.0. The van der Waals surface area contributed by atoms with Crippen LogP contribution in [0.4, 0.5) is 17.6 Å². The van der Waals surface area contributed by atoms with E-state index in [-0.39, 0.29) is 0 Å². The maximum atomic E-state index is 4.98. The molecule has 0 radical (unpaired) electrons. The van der Waals surface area contributed by atoms with Gasteiger partial charge in [-0.25, -0.2) is 0 Å². The summed E-state index contributed by atoms with van der Waals surface area (Å²) < 4.78 is 0. The number of benzene rings is 1. The Hall–Kier alpha value is -2.34. The van der Waals surface area contributed by atoms with Crippen molar-refractivity contribution >= 4 is 17.6 Å². The second kappa shape index (κ2) is 11.5. The zero-order valence-electron chi connectivity index (χ0n) is 20.0. The van der Waals surface area contributed by atoms with Crippen LogP contribution in [0.3, 0.4) is 0 Å². The Morgan fingerprint density at radius 1 is 0.875 bits per heavy atom. The Kier molecular flexibility index (Phi) is 8.21. The van der Waals surface area contributed by atoms with Crippen molar-refractivity contribution in [3.8, 4) is 0 Å². The molecule has 0 bridgehead atoms. The molecule has 2 heterocycles. The average Bonchev–Trinajstić information content (AvgIpc) is 2.94. The van der Waals surface area contributed by atoms with Gasteiger partial charge in [0.1, 0.15) is 11.6 Å². The lowest BCUT2D eigenvalue weighted by molar-refractivity contribution is 0.248. The summed E-state index contributed by atoms with van der Waals surface area (Å²) in [5.41, 5.74) is 1.38. The largest absolute Gasteiger partial charge is 0.367 e. The molecule has 2 aromatic rings. The summed E-state index contributed by atoms with van der Waals surface area (Å²) in [6.45, 7) is 5.02. The molecule has 1 N–H and O–H groups in total. The molecule has 6 heteroatoms. The molecule has 1 saturated heterocycles. The molecule has 0 spiro atoms. The second-order valence-electron chi connectivity index (χ2n) is 9.59. The van der Waals surface area contributed by atoms with E-state index in [1.165, 1.54) is 56.9 Å². The molecule has 174 valence electrons. The van der Waals surface area contributed by atoms with Crippen LogP contribution in [-0.4, -0.2) is 61.2 Å². The third kappa shape index (κ3) is 6.58. The monoisotopic (exact) mass is 436 g/mol. The molecule has 4 rings (SSSR count). The van der Waals surface area contributed by atoms with Gasteiger partial charge in [-0.05, 0) is 18.4 Å². The summed E-state index contributed by atoms with van der Waals surface area (Å²) in [4.78, 5) is 16.8. The van der Waals surface area contributed by atoms with E-state index in [0.717, 1.165) is 50.3 Å². The van der Waals surface area contributed by atoms with Crippen LogP contribution in [0.15, 0.2) is 36.4 Å². The van der Waals surface area contributed by atoms with Crippen molar-refractivity contribution in [2.24, 2.45) is 0 Å². The number of anilines is 3. The van der Waals surface area contributed by atoms with Crippen molar-refractivity contribution in [2.45, 2.75) is 64.0 Å². The number of hydrogen-bond donors (Lipinski definition) is 1. The Balaban J connectivity index is 1.41. The van der Waals surface area contributed by atoms with Gasteiger partial charge >= 0.3 is 0 Å². The zero-order chi connectivity index (χ0) is 22.2. The van der Waals surface area contributed by atoms with E-state index in [2.05, 4.69) is 70.5 Å². The smallest absolute Gasteiger partial charge is 0.229 e. The Morgan fingerprint density at radius 2 is 1.53 bits per heavy atom. The summed E-state index contributed by atoms with van der Waals surface area (Å²) in [5.74, 6) is 2.82. The molecule has 2 fully saturated rings. The minimum absolute atomic E-state index is 0.522. The van der Waals surface area contributed by atoms with Gasteiger partial charge in [-0.15, -0.1) is 0 Å². The number of hydrogen-bond acceptors (Lipinski definition) is 6. The first-order chi connectivity index (χ1) is 15.7. The van der Waals surface area contributed by atoms with Crippen molar-refractivity contribution < 1.29 is 0 Å². The fourth-order valence-electron chi connectivity index (χ4n) is 4.80. The van der Waals surface area contributed by atoms with Crippen molar-refractivity contribution in [3.05, 3.63) is 42.0 Å². The van der Waals surface area contributed by atoms with Gasteiger partial charge in [-0.2, -0.15) is 9.97 Å². The lowest BCUT2D eigenvalue weighted by atomic mass is 10.1. The Morgan fingerprint density at radius 3 is 2.19 bits per heavy atom. The first kappa shape index (κ1) is 22.8. The van der Waals surface area contributed by atoms with Gasteiger partial charge in [0, 0.05) is 58.9 Å². The van der Waals surface area contributed by atoms with Gasteiger partial charge in [-0.1, -0.05) is 68.9 Å². The number of nitrogens with one attached hydrogen (secondary N) is 1. The third-order valence-corrected chi connectivity index (χ3v) is 6.77. The van der Waals surface area contributed by atoms with E-state index in [1.807, 2.05) is 0 Å². The first-order valence-corrected chi connectivity index (χ1v) is 12.5. The highest BCUT2D eigenvalue weighted by Crippen LogP contribution is 2.24.